The van der Waals surface area contributed by atoms with E-state index in [1.54, 1.807) is 35.2 Å². The molecule has 0 saturated carbocycles. The molecule has 0 spiro atoms. The van der Waals surface area contributed by atoms with Crippen molar-refractivity contribution in [2.75, 3.05) is 42.4 Å². The first-order valence-corrected chi connectivity index (χ1v) is 13.3. The van der Waals surface area contributed by atoms with Crippen molar-refractivity contribution in [2.45, 2.75) is 11.8 Å². The largest absolute Gasteiger partial charge is 0.482 e. The molecule has 1 aliphatic heterocycles. The molecule has 1 N–H and O–H groups in total. The number of sulfonamides is 1. The van der Waals surface area contributed by atoms with Gasteiger partial charge in [0.05, 0.1) is 9.92 Å². The lowest BCUT2D eigenvalue weighted by Crippen LogP contribution is -2.50. The molecular formula is C25H25Cl2N3O4S. The van der Waals surface area contributed by atoms with Crippen LogP contribution in [0.4, 0.5) is 11.4 Å². The number of benzene rings is 3. The number of halogens is 2. The number of carbonyl (C=O) groups is 1. The van der Waals surface area contributed by atoms with Crippen LogP contribution in [0.1, 0.15) is 5.56 Å². The van der Waals surface area contributed by atoms with Gasteiger partial charge >= 0.3 is 0 Å². The fourth-order valence-electron chi connectivity index (χ4n) is 3.84. The summed E-state index contributed by atoms with van der Waals surface area (Å²) in [6.45, 7) is 4.34. The summed E-state index contributed by atoms with van der Waals surface area (Å²) in [7, 11) is -3.81. The van der Waals surface area contributed by atoms with Crippen molar-refractivity contribution in [1.29, 1.82) is 0 Å². The number of ether oxygens (including phenoxy) is 1. The summed E-state index contributed by atoms with van der Waals surface area (Å²) in [5.74, 6) is 0.0813. The summed E-state index contributed by atoms with van der Waals surface area (Å²) in [4.78, 5) is 16.6. The van der Waals surface area contributed by atoms with Crippen LogP contribution in [0.3, 0.4) is 0 Å². The van der Waals surface area contributed by atoms with Crippen molar-refractivity contribution in [1.82, 2.24) is 4.90 Å². The number of hydrogen-bond donors (Lipinski definition) is 1. The van der Waals surface area contributed by atoms with Crippen molar-refractivity contribution in [3.8, 4) is 5.75 Å². The first-order chi connectivity index (χ1) is 16.7. The molecule has 10 heteroatoms. The number of anilines is 2. The van der Waals surface area contributed by atoms with E-state index in [2.05, 4.69) is 9.62 Å². The predicted octanol–water partition coefficient (Wildman–Crippen LogP) is 4.83. The molecule has 35 heavy (non-hydrogen) atoms. The fourth-order valence-corrected chi connectivity index (χ4v) is 5.39. The predicted molar refractivity (Wildman–Crippen MR) is 139 cm³/mol. The van der Waals surface area contributed by atoms with E-state index in [9.17, 15) is 13.2 Å². The van der Waals surface area contributed by atoms with Crippen LogP contribution in [0.2, 0.25) is 10.0 Å². The Kier molecular flexibility index (Phi) is 7.74. The SMILES string of the molecule is Cc1ccc(Cl)cc1N1CCN(C(=O)COc2ccc(S(=O)(=O)Nc3ccccc3)cc2Cl)CC1. The van der Waals surface area contributed by atoms with E-state index in [0.29, 0.717) is 36.9 Å². The molecule has 0 bridgehead atoms. The quantitative estimate of drug-likeness (QED) is 0.470. The average molecular weight is 534 g/mol. The van der Waals surface area contributed by atoms with E-state index in [1.165, 1.54) is 18.2 Å². The summed E-state index contributed by atoms with van der Waals surface area (Å²) in [6.07, 6.45) is 0. The standard InChI is InChI=1S/C25H25Cl2N3O4S/c1-18-7-8-19(26)15-23(18)29-11-13-30(14-12-29)25(31)17-34-24-10-9-21(16-22(24)27)35(32,33)28-20-5-3-2-4-6-20/h2-10,15-16,28H,11-14,17H2,1H3. The highest BCUT2D eigenvalue weighted by molar-refractivity contribution is 7.92. The lowest BCUT2D eigenvalue weighted by atomic mass is 10.1. The molecule has 1 saturated heterocycles. The van der Waals surface area contributed by atoms with Crippen LogP contribution >= 0.6 is 23.2 Å². The average Bonchev–Trinajstić information content (AvgIpc) is 2.85. The minimum atomic E-state index is -3.81. The smallest absolute Gasteiger partial charge is 0.261 e. The summed E-state index contributed by atoms with van der Waals surface area (Å²) < 4.78 is 33.4. The highest BCUT2D eigenvalue weighted by atomic mass is 35.5. The summed E-state index contributed by atoms with van der Waals surface area (Å²) in [5, 5.41) is 0.791. The molecule has 1 aliphatic rings. The minimum absolute atomic E-state index is 0.00235. The zero-order valence-corrected chi connectivity index (χ0v) is 21.4. The molecule has 184 valence electrons. The molecule has 0 radical (unpaired) electrons. The second-order valence-corrected chi connectivity index (χ2v) is 10.7. The molecule has 7 nitrogen and oxygen atoms in total. The van der Waals surface area contributed by atoms with Crippen LogP contribution in [-0.4, -0.2) is 52.0 Å². The van der Waals surface area contributed by atoms with E-state index in [-0.39, 0.29) is 28.2 Å². The number of piperazine rings is 1. The molecule has 1 heterocycles. The van der Waals surface area contributed by atoms with Gasteiger partial charge in [0.1, 0.15) is 5.75 Å². The monoisotopic (exact) mass is 533 g/mol. The Morgan fingerprint density at radius 2 is 1.69 bits per heavy atom. The molecule has 3 aromatic carbocycles. The van der Waals surface area contributed by atoms with Crippen molar-refractivity contribution in [3.63, 3.8) is 0 Å². The van der Waals surface area contributed by atoms with Gasteiger partial charge in [-0.05, 0) is 55.0 Å². The Bertz CT molecular complexity index is 1310. The van der Waals surface area contributed by atoms with E-state index < -0.39 is 10.0 Å². The van der Waals surface area contributed by atoms with Gasteiger partial charge in [-0.1, -0.05) is 47.5 Å². The Hall–Kier alpha value is -2.94. The van der Waals surface area contributed by atoms with Crippen molar-refractivity contribution in [3.05, 3.63) is 82.3 Å². The Labute approximate surface area is 215 Å². The van der Waals surface area contributed by atoms with Gasteiger partial charge in [-0.25, -0.2) is 8.42 Å². The maximum absolute atomic E-state index is 12.7. The molecule has 4 rings (SSSR count). The zero-order valence-electron chi connectivity index (χ0n) is 19.1. The normalized spacial score (nSPS) is 14.0. The molecule has 0 unspecified atom stereocenters. The molecule has 1 fully saturated rings. The van der Waals surface area contributed by atoms with Gasteiger partial charge in [-0.2, -0.15) is 0 Å². The third-order valence-corrected chi connectivity index (χ3v) is 7.64. The number of nitrogens with zero attached hydrogens (tertiary/aromatic N) is 2. The van der Waals surface area contributed by atoms with Crippen molar-refractivity contribution >= 4 is 50.5 Å². The van der Waals surface area contributed by atoms with Crippen LogP contribution in [0.5, 0.6) is 5.75 Å². The number of hydrogen-bond acceptors (Lipinski definition) is 5. The maximum Gasteiger partial charge on any atom is 0.261 e. The summed E-state index contributed by atoms with van der Waals surface area (Å²) in [6, 6.07) is 18.5. The second-order valence-electron chi connectivity index (χ2n) is 8.15. The van der Waals surface area contributed by atoms with Crippen molar-refractivity contribution < 1.29 is 17.9 Å². The first kappa shape index (κ1) is 25.2. The molecule has 0 atom stereocenters. The maximum atomic E-state index is 12.7. The first-order valence-electron chi connectivity index (χ1n) is 11.0. The van der Waals surface area contributed by atoms with Gasteiger partial charge in [0, 0.05) is 42.6 Å². The van der Waals surface area contributed by atoms with Gasteiger partial charge in [0.2, 0.25) is 0 Å². The Morgan fingerprint density at radius 1 is 0.971 bits per heavy atom. The highest BCUT2D eigenvalue weighted by Crippen LogP contribution is 2.29. The second kappa shape index (κ2) is 10.8. The lowest BCUT2D eigenvalue weighted by Gasteiger charge is -2.36. The number of amides is 1. The van der Waals surface area contributed by atoms with Crippen molar-refractivity contribution in [2.24, 2.45) is 0 Å². The van der Waals surface area contributed by atoms with Crippen LogP contribution in [-0.2, 0) is 14.8 Å². The third-order valence-electron chi connectivity index (χ3n) is 5.74. The topological polar surface area (TPSA) is 79.0 Å². The van der Waals surface area contributed by atoms with E-state index in [4.69, 9.17) is 27.9 Å². The summed E-state index contributed by atoms with van der Waals surface area (Å²) >= 11 is 12.4. The summed E-state index contributed by atoms with van der Waals surface area (Å²) in [5.41, 5.74) is 2.65. The van der Waals surface area contributed by atoms with Gasteiger partial charge in [0.25, 0.3) is 15.9 Å². The molecule has 0 aromatic heterocycles. The van der Waals surface area contributed by atoms with E-state index >= 15 is 0 Å². The molecule has 3 aromatic rings. The number of nitrogens with one attached hydrogen (secondary N) is 1. The van der Waals surface area contributed by atoms with E-state index in [0.717, 1.165) is 11.3 Å². The Morgan fingerprint density at radius 3 is 2.37 bits per heavy atom. The van der Waals surface area contributed by atoms with Crippen LogP contribution in [0.15, 0.2) is 71.6 Å². The van der Waals surface area contributed by atoms with Gasteiger partial charge in [-0.3, -0.25) is 9.52 Å². The number of aryl methyl sites for hydroxylation is 1. The van der Waals surface area contributed by atoms with Gasteiger partial charge in [0.15, 0.2) is 6.61 Å². The fraction of sp³-hybridized carbons (Fsp3) is 0.240. The minimum Gasteiger partial charge on any atom is -0.482 e. The third kappa shape index (κ3) is 6.20. The van der Waals surface area contributed by atoms with Crippen LogP contribution in [0.25, 0.3) is 0 Å². The number of carbonyl (C=O) groups excluding carboxylic acids is 1. The van der Waals surface area contributed by atoms with E-state index in [1.807, 2.05) is 25.1 Å². The molecule has 1 amide bonds. The number of rotatable bonds is 7. The van der Waals surface area contributed by atoms with Gasteiger partial charge in [-0.15, -0.1) is 0 Å². The highest BCUT2D eigenvalue weighted by Gasteiger charge is 2.23. The van der Waals surface area contributed by atoms with Gasteiger partial charge < -0.3 is 14.5 Å². The van der Waals surface area contributed by atoms with Crippen LogP contribution < -0.4 is 14.4 Å². The lowest BCUT2D eigenvalue weighted by molar-refractivity contribution is -0.133. The molecular weight excluding hydrogens is 509 g/mol. The van der Waals surface area contributed by atoms with Crippen LogP contribution in [0, 0.1) is 6.92 Å². The Balaban J connectivity index is 1.32. The zero-order chi connectivity index (χ0) is 25.0. The number of para-hydroxylation sites is 1. The molecule has 0 aliphatic carbocycles.